The second-order valence-corrected chi connectivity index (χ2v) is 3.96. The van der Waals surface area contributed by atoms with E-state index in [-0.39, 0.29) is 6.79 Å². The lowest BCUT2D eigenvalue weighted by molar-refractivity contribution is 0.0502. The van der Waals surface area contributed by atoms with Crippen molar-refractivity contribution in [1.29, 1.82) is 0 Å². The van der Waals surface area contributed by atoms with E-state index in [4.69, 9.17) is 9.47 Å². The maximum absolute atomic E-state index is 5.23. The van der Waals surface area contributed by atoms with Gasteiger partial charge in [0.25, 0.3) is 0 Å². The predicted octanol–water partition coefficient (Wildman–Crippen LogP) is 2.43. The van der Waals surface area contributed by atoms with Crippen molar-refractivity contribution in [2.75, 3.05) is 13.9 Å². The van der Waals surface area contributed by atoms with Crippen LogP contribution in [0.5, 0.6) is 5.75 Å². The molecule has 0 aliphatic carbocycles. The lowest BCUT2D eigenvalue weighted by Gasteiger charge is -2.05. The molecule has 0 bridgehead atoms. The van der Waals surface area contributed by atoms with Crippen LogP contribution in [0.1, 0.15) is 0 Å². The summed E-state index contributed by atoms with van der Waals surface area (Å²) in [5, 5.41) is 0. The van der Waals surface area contributed by atoms with E-state index < -0.39 is 0 Å². The third-order valence-electron chi connectivity index (χ3n) is 1.12. The van der Waals surface area contributed by atoms with Gasteiger partial charge in [-0.1, -0.05) is 0 Å². The molecule has 0 unspecified atom stereocenters. The first-order chi connectivity index (χ1) is 5.74. The number of halogens is 2. The first kappa shape index (κ1) is 10.2. The third kappa shape index (κ3) is 2.87. The maximum atomic E-state index is 5.23. The second-order valence-electron chi connectivity index (χ2n) is 1.99. The summed E-state index contributed by atoms with van der Waals surface area (Å²) < 4.78 is 11.8. The number of rotatable bonds is 3. The van der Waals surface area contributed by atoms with Crippen LogP contribution in [0.2, 0.25) is 0 Å². The number of nitrogens with zero attached hydrogens (tertiary/aromatic N) is 1. The van der Waals surface area contributed by atoms with E-state index >= 15 is 0 Å². The first-order valence-corrected chi connectivity index (χ1v) is 5.04. The van der Waals surface area contributed by atoms with Gasteiger partial charge >= 0.3 is 0 Å². The average molecular weight is 344 g/mol. The lowest BCUT2D eigenvalue weighted by atomic mass is 10.5. The van der Waals surface area contributed by atoms with Crippen molar-refractivity contribution in [2.24, 2.45) is 0 Å². The van der Waals surface area contributed by atoms with Crippen molar-refractivity contribution >= 4 is 38.5 Å². The Balaban J connectivity index is 2.72. The quantitative estimate of drug-likeness (QED) is 0.480. The zero-order valence-electron chi connectivity index (χ0n) is 6.38. The topological polar surface area (TPSA) is 31.4 Å². The molecule has 66 valence electrons. The van der Waals surface area contributed by atoms with Crippen molar-refractivity contribution in [3.63, 3.8) is 0 Å². The molecule has 0 radical (unpaired) electrons. The molecule has 0 aliphatic heterocycles. The third-order valence-corrected chi connectivity index (χ3v) is 2.40. The molecule has 0 saturated carbocycles. The summed E-state index contributed by atoms with van der Waals surface area (Å²) in [7, 11) is 1.58. The Morgan fingerprint density at radius 3 is 3.00 bits per heavy atom. The molecule has 0 atom stereocenters. The highest BCUT2D eigenvalue weighted by atomic mass is 127. The van der Waals surface area contributed by atoms with Crippen LogP contribution >= 0.6 is 38.5 Å². The monoisotopic (exact) mass is 343 g/mol. The van der Waals surface area contributed by atoms with Gasteiger partial charge in [0, 0.05) is 7.11 Å². The number of methoxy groups -OCH3 is 1. The summed E-state index contributed by atoms with van der Waals surface area (Å²) in [4.78, 5) is 4.02. The molecule has 0 aliphatic rings. The fourth-order valence-corrected chi connectivity index (χ4v) is 1.97. The minimum Gasteiger partial charge on any atom is -0.465 e. The van der Waals surface area contributed by atoms with Crippen LogP contribution in [0, 0.1) is 3.57 Å². The molecule has 0 amide bonds. The van der Waals surface area contributed by atoms with Crippen LogP contribution in [0.15, 0.2) is 16.9 Å². The van der Waals surface area contributed by atoms with Gasteiger partial charge in [0.1, 0.15) is 4.60 Å². The van der Waals surface area contributed by atoms with E-state index in [1.54, 1.807) is 13.3 Å². The molecule has 1 aromatic heterocycles. The molecular formula is C7H7BrINO2. The van der Waals surface area contributed by atoms with Crippen molar-refractivity contribution in [3.05, 3.63) is 20.4 Å². The highest BCUT2D eigenvalue weighted by molar-refractivity contribution is 14.1. The van der Waals surface area contributed by atoms with Gasteiger partial charge in [-0.2, -0.15) is 0 Å². The highest BCUT2D eigenvalue weighted by Gasteiger charge is 2.01. The summed E-state index contributed by atoms with van der Waals surface area (Å²) in [5.74, 6) is 0.737. The highest BCUT2D eigenvalue weighted by Crippen LogP contribution is 2.22. The largest absolute Gasteiger partial charge is 0.465 e. The van der Waals surface area contributed by atoms with Crippen molar-refractivity contribution in [3.8, 4) is 5.75 Å². The predicted molar refractivity (Wildman–Crippen MR) is 57.2 cm³/mol. The smallest absolute Gasteiger partial charge is 0.188 e. The summed E-state index contributed by atoms with van der Waals surface area (Å²) in [6.07, 6.45) is 1.66. The van der Waals surface area contributed by atoms with Crippen LogP contribution in [0.25, 0.3) is 0 Å². The molecule has 12 heavy (non-hydrogen) atoms. The lowest BCUT2D eigenvalue weighted by Crippen LogP contribution is -2.00. The van der Waals surface area contributed by atoms with Crippen molar-refractivity contribution in [2.45, 2.75) is 0 Å². The van der Waals surface area contributed by atoms with Crippen LogP contribution in [-0.4, -0.2) is 18.9 Å². The van der Waals surface area contributed by atoms with E-state index in [9.17, 15) is 0 Å². The molecule has 1 heterocycles. The summed E-state index contributed by atoms with van der Waals surface area (Å²) in [6.45, 7) is 0.249. The van der Waals surface area contributed by atoms with E-state index in [1.807, 2.05) is 6.07 Å². The van der Waals surface area contributed by atoms with Gasteiger partial charge in [-0.05, 0) is 44.6 Å². The van der Waals surface area contributed by atoms with Gasteiger partial charge in [0.05, 0.1) is 9.77 Å². The molecule has 0 saturated heterocycles. The van der Waals surface area contributed by atoms with Crippen LogP contribution < -0.4 is 4.74 Å². The Labute approximate surface area is 92.7 Å². The Hall–Kier alpha value is 0.120. The minimum atomic E-state index is 0.249. The Morgan fingerprint density at radius 1 is 1.67 bits per heavy atom. The fourth-order valence-electron chi connectivity index (χ4n) is 0.624. The zero-order chi connectivity index (χ0) is 8.97. The van der Waals surface area contributed by atoms with Gasteiger partial charge in [-0.25, -0.2) is 4.98 Å². The van der Waals surface area contributed by atoms with Crippen molar-refractivity contribution in [1.82, 2.24) is 4.98 Å². The summed E-state index contributed by atoms with van der Waals surface area (Å²) in [6, 6.07) is 1.88. The molecular weight excluding hydrogens is 337 g/mol. The van der Waals surface area contributed by atoms with Crippen molar-refractivity contribution < 1.29 is 9.47 Å². The molecule has 1 aromatic rings. The number of hydrogen-bond donors (Lipinski definition) is 0. The van der Waals surface area contributed by atoms with Gasteiger partial charge < -0.3 is 9.47 Å². The molecule has 0 aromatic carbocycles. The van der Waals surface area contributed by atoms with Gasteiger partial charge in [-0.3, -0.25) is 0 Å². The number of aromatic nitrogens is 1. The maximum Gasteiger partial charge on any atom is 0.188 e. The number of pyridine rings is 1. The van der Waals surface area contributed by atoms with Gasteiger partial charge in [0.15, 0.2) is 12.5 Å². The Morgan fingerprint density at radius 2 is 2.42 bits per heavy atom. The average Bonchev–Trinajstić information content (AvgIpc) is 2.03. The van der Waals surface area contributed by atoms with Crippen LogP contribution in [-0.2, 0) is 4.74 Å². The molecule has 0 fully saturated rings. The van der Waals surface area contributed by atoms with E-state index in [1.165, 1.54) is 0 Å². The van der Waals surface area contributed by atoms with Crippen LogP contribution in [0.3, 0.4) is 0 Å². The standard InChI is InChI=1S/C7H7BrINO2/c1-11-4-12-6-3-10-7(8)2-5(6)9/h2-3H,4H2,1H3. The normalized spacial score (nSPS) is 9.92. The molecule has 0 spiro atoms. The fraction of sp³-hybridized carbons (Fsp3) is 0.286. The first-order valence-electron chi connectivity index (χ1n) is 3.17. The van der Waals surface area contributed by atoms with E-state index in [2.05, 4.69) is 43.5 Å². The van der Waals surface area contributed by atoms with E-state index in [0.717, 1.165) is 13.9 Å². The summed E-state index contributed by atoms with van der Waals surface area (Å²) >= 11 is 5.44. The Kier molecular flexibility index (Phi) is 4.24. The van der Waals surface area contributed by atoms with Gasteiger partial charge in [-0.15, -0.1) is 0 Å². The molecule has 1 rings (SSSR count). The second kappa shape index (κ2) is 4.98. The number of hydrogen-bond acceptors (Lipinski definition) is 3. The van der Waals surface area contributed by atoms with E-state index in [0.29, 0.717) is 0 Å². The summed E-state index contributed by atoms with van der Waals surface area (Å²) in [5.41, 5.74) is 0. The zero-order valence-corrected chi connectivity index (χ0v) is 10.1. The Bertz CT molecular complexity index is 270. The molecule has 5 heteroatoms. The minimum absolute atomic E-state index is 0.249. The SMILES string of the molecule is COCOc1cnc(Br)cc1I. The molecule has 3 nitrogen and oxygen atoms in total. The number of ether oxygens (including phenoxy) is 2. The van der Waals surface area contributed by atoms with Gasteiger partial charge in [0.2, 0.25) is 0 Å². The van der Waals surface area contributed by atoms with Crippen LogP contribution in [0.4, 0.5) is 0 Å². The molecule has 0 N–H and O–H groups in total.